The molecule has 2 heterocycles. The predicted molar refractivity (Wildman–Crippen MR) is 105 cm³/mol. The quantitative estimate of drug-likeness (QED) is 0.785. The molecule has 1 aliphatic rings. The molecule has 1 aromatic carbocycles. The van der Waals surface area contributed by atoms with Gasteiger partial charge in [0, 0.05) is 28.6 Å². The molecule has 1 fully saturated rings. The van der Waals surface area contributed by atoms with Crippen molar-refractivity contribution < 1.29 is 4.79 Å². The van der Waals surface area contributed by atoms with Crippen molar-refractivity contribution in [2.24, 2.45) is 11.1 Å². The van der Waals surface area contributed by atoms with Gasteiger partial charge in [0.15, 0.2) is 0 Å². The zero-order valence-corrected chi connectivity index (χ0v) is 16.2. The van der Waals surface area contributed by atoms with Crippen LogP contribution in [0.1, 0.15) is 28.6 Å². The number of likely N-dealkylation sites (tertiary alicyclic amines) is 1. The molecule has 0 radical (unpaired) electrons. The summed E-state index contributed by atoms with van der Waals surface area (Å²) in [5.41, 5.74) is 6.74. The van der Waals surface area contributed by atoms with E-state index in [4.69, 9.17) is 5.73 Å². The van der Waals surface area contributed by atoms with Gasteiger partial charge in [-0.25, -0.2) is 0 Å². The van der Waals surface area contributed by atoms with Gasteiger partial charge in [0.2, 0.25) is 0 Å². The molecular formula is C18H23ClN2OS2. The number of thiophene rings is 1. The fourth-order valence-corrected chi connectivity index (χ4v) is 4.66. The van der Waals surface area contributed by atoms with Gasteiger partial charge in [-0.05, 0) is 42.0 Å². The van der Waals surface area contributed by atoms with E-state index in [1.54, 1.807) is 23.1 Å². The Morgan fingerprint density at radius 1 is 1.33 bits per heavy atom. The lowest BCUT2D eigenvalue weighted by Crippen LogP contribution is -2.34. The molecule has 1 amide bonds. The van der Waals surface area contributed by atoms with Gasteiger partial charge < -0.3 is 10.6 Å². The lowest BCUT2D eigenvalue weighted by atomic mass is 9.90. The first-order valence-electron chi connectivity index (χ1n) is 7.85. The summed E-state index contributed by atoms with van der Waals surface area (Å²) in [7, 11) is 0. The van der Waals surface area contributed by atoms with Gasteiger partial charge in [-0.3, -0.25) is 4.79 Å². The Hall–Kier alpha value is -1.01. The van der Waals surface area contributed by atoms with Crippen LogP contribution in [0.25, 0.3) is 0 Å². The van der Waals surface area contributed by atoms with Crippen LogP contribution in [0.4, 0.5) is 0 Å². The molecule has 6 heteroatoms. The molecule has 2 N–H and O–H groups in total. The van der Waals surface area contributed by atoms with Crippen LogP contribution in [0.2, 0.25) is 0 Å². The number of halogens is 1. The molecule has 3 rings (SSSR count). The maximum Gasteiger partial charge on any atom is 0.255 e. The summed E-state index contributed by atoms with van der Waals surface area (Å²) in [6.07, 6.45) is 0.986. The second-order valence-corrected chi connectivity index (χ2v) is 8.41. The largest absolute Gasteiger partial charge is 0.338 e. The minimum Gasteiger partial charge on any atom is -0.338 e. The summed E-state index contributed by atoms with van der Waals surface area (Å²) in [5.74, 6) is 1.04. The number of thioether (sulfide) groups is 1. The molecule has 0 aliphatic carbocycles. The van der Waals surface area contributed by atoms with Gasteiger partial charge in [-0.15, -0.1) is 35.5 Å². The number of rotatable bonds is 5. The van der Waals surface area contributed by atoms with Gasteiger partial charge in [-0.1, -0.05) is 25.1 Å². The van der Waals surface area contributed by atoms with Crippen molar-refractivity contribution in [3.8, 4) is 0 Å². The third-order valence-corrected chi connectivity index (χ3v) is 6.59. The molecule has 1 saturated heterocycles. The van der Waals surface area contributed by atoms with Crippen molar-refractivity contribution in [2.45, 2.75) is 24.0 Å². The molecule has 1 aromatic heterocycles. The minimum absolute atomic E-state index is 0. The molecule has 0 spiro atoms. The lowest BCUT2D eigenvalue weighted by molar-refractivity contribution is 0.0773. The van der Waals surface area contributed by atoms with E-state index in [0.29, 0.717) is 6.54 Å². The van der Waals surface area contributed by atoms with Crippen LogP contribution in [0, 0.1) is 5.41 Å². The highest BCUT2D eigenvalue weighted by Crippen LogP contribution is 2.32. The van der Waals surface area contributed by atoms with Gasteiger partial charge in [0.05, 0.1) is 5.56 Å². The molecule has 3 nitrogen and oxygen atoms in total. The summed E-state index contributed by atoms with van der Waals surface area (Å²) >= 11 is 3.49. The smallest absolute Gasteiger partial charge is 0.255 e. The molecule has 0 bridgehead atoms. The van der Waals surface area contributed by atoms with Crippen LogP contribution in [-0.2, 0) is 5.75 Å². The van der Waals surface area contributed by atoms with E-state index in [2.05, 4.69) is 24.4 Å². The number of hydrogen-bond acceptors (Lipinski definition) is 4. The number of nitrogens with zero attached hydrogens (tertiary/aromatic N) is 1. The number of nitrogens with two attached hydrogens (primary N) is 1. The zero-order chi connectivity index (χ0) is 16.3. The number of hydrogen-bond donors (Lipinski definition) is 1. The second-order valence-electron chi connectivity index (χ2n) is 6.36. The van der Waals surface area contributed by atoms with Gasteiger partial charge in [-0.2, -0.15) is 0 Å². The van der Waals surface area contributed by atoms with Crippen molar-refractivity contribution >= 4 is 41.4 Å². The monoisotopic (exact) mass is 382 g/mol. The SMILES string of the molecule is CC1(CN)CCN(C(=O)c2ccccc2SCc2cccs2)C1.Cl. The highest BCUT2D eigenvalue weighted by Gasteiger charge is 2.35. The van der Waals surface area contributed by atoms with Crippen molar-refractivity contribution in [2.75, 3.05) is 19.6 Å². The Kier molecular flexibility index (Phi) is 6.75. The van der Waals surface area contributed by atoms with Crippen LogP contribution in [0.15, 0.2) is 46.7 Å². The van der Waals surface area contributed by atoms with E-state index >= 15 is 0 Å². The Bertz CT molecular complexity index is 677. The highest BCUT2D eigenvalue weighted by molar-refractivity contribution is 7.98. The summed E-state index contributed by atoms with van der Waals surface area (Å²) < 4.78 is 0. The number of carbonyl (C=O) groups is 1. The summed E-state index contributed by atoms with van der Waals surface area (Å²) in [4.78, 5) is 17.3. The third kappa shape index (κ3) is 4.33. The van der Waals surface area contributed by atoms with Crippen molar-refractivity contribution in [3.63, 3.8) is 0 Å². The van der Waals surface area contributed by atoms with Crippen molar-refractivity contribution in [1.82, 2.24) is 4.90 Å². The molecule has 0 saturated carbocycles. The predicted octanol–water partition coefficient (Wildman–Crippen LogP) is 4.27. The Balaban J connectivity index is 0.00000208. The first-order valence-corrected chi connectivity index (χ1v) is 9.71. The first kappa shape index (κ1) is 19.3. The second kappa shape index (κ2) is 8.39. The highest BCUT2D eigenvalue weighted by atomic mass is 35.5. The average molecular weight is 383 g/mol. The summed E-state index contributed by atoms with van der Waals surface area (Å²) in [6.45, 7) is 4.35. The molecular weight excluding hydrogens is 360 g/mol. The van der Waals surface area contributed by atoms with Crippen molar-refractivity contribution in [1.29, 1.82) is 0 Å². The number of carbonyl (C=O) groups excluding carboxylic acids is 1. The zero-order valence-electron chi connectivity index (χ0n) is 13.7. The van der Waals surface area contributed by atoms with Crippen LogP contribution < -0.4 is 5.73 Å². The average Bonchev–Trinajstić information content (AvgIpc) is 3.23. The van der Waals surface area contributed by atoms with Gasteiger partial charge in [0.1, 0.15) is 0 Å². The van der Waals surface area contributed by atoms with E-state index in [1.165, 1.54) is 4.88 Å². The fourth-order valence-electron chi connectivity index (χ4n) is 2.85. The lowest BCUT2D eigenvalue weighted by Gasteiger charge is -2.23. The fraction of sp³-hybridized carbons (Fsp3) is 0.389. The Labute approximate surface area is 158 Å². The molecule has 130 valence electrons. The molecule has 1 unspecified atom stereocenters. The normalized spacial score (nSPS) is 20.0. The minimum atomic E-state index is 0. The Morgan fingerprint density at radius 3 is 2.79 bits per heavy atom. The van der Waals surface area contributed by atoms with E-state index in [-0.39, 0.29) is 23.7 Å². The molecule has 24 heavy (non-hydrogen) atoms. The van der Waals surface area contributed by atoms with E-state index in [0.717, 1.165) is 35.7 Å². The summed E-state index contributed by atoms with van der Waals surface area (Å²) in [5, 5.41) is 2.09. The maximum atomic E-state index is 12.9. The standard InChI is InChI=1S/C18H22N2OS2.ClH/c1-18(12-19)8-9-20(13-18)17(21)15-6-2-3-7-16(15)23-11-14-5-4-10-22-14;/h2-7,10H,8-9,11-13,19H2,1H3;1H. The number of benzene rings is 1. The van der Waals surface area contributed by atoms with Gasteiger partial charge >= 0.3 is 0 Å². The topological polar surface area (TPSA) is 46.3 Å². The van der Waals surface area contributed by atoms with E-state index in [1.807, 2.05) is 29.2 Å². The van der Waals surface area contributed by atoms with Crippen LogP contribution in [-0.4, -0.2) is 30.4 Å². The third-order valence-electron chi connectivity index (χ3n) is 4.41. The Morgan fingerprint density at radius 2 is 2.12 bits per heavy atom. The van der Waals surface area contributed by atoms with Gasteiger partial charge in [0.25, 0.3) is 5.91 Å². The van der Waals surface area contributed by atoms with E-state index in [9.17, 15) is 4.79 Å². The molecule has 1 aliphatic heterocycles. The first-order chi connectivity index (χ1) is 11.1. The number of amides is 1. The van der Waals surface area contributed by atoms with Crippen LogP contribution in [0.5, 0.6) is 0 Å². The van der Waals surface area contributed by atoms with Crippen LogP contribution >= 0.6 is 35.5 Å². The molecule has 1 atom stereocenters. The molecule has 2 aromatic rings. The van der Waals surface area contributed by atoms with Crippen molar-refractivity contribution in [3.05, 3.63) is 52.2 Å². The maximum absolute atomic E-state index is 12.9. The van der Waals surface area contributed by atoms with E-state index < -0.39 is 0 Å². The summed E-state index contributed by atoms with van der Waals surface area (Å²) in [6, 6.07) is 12.1. The van der Waals surface area contributed by atoms with Crippen LogP contribution in [0.3, 0.4) is 0 Å².